The fourth-order valence-electron chi connectivity index (χ4n) is 3.58. The number of aryl methyl sites for hydroxylation is 1. The van der Waals surface area contributed by atoms with Crippen molar-refractivity contribution in [1.82, 2.24) is 10.2 Å². The number of carbonyl (C=O) groups excluding carboxylic acids is 2. The molecule has 1 fully saturated rings. The Bertz CT molecular complexity index is 828. The molecule has 28 heavy (non-hydrogen) atoms. The normalized spacial score (nSPS) is 14.2. The lowest BCUT2D eigenvalue weighted by Crippen LogP contribution is -2.30. The van der Waals surface area contributed by atoms with E-state index in [1.54, 1.807) is 0 Å². The zero-order valence-electron chi connectivity index (χ0n) is 16.3. The molecule has 4 N–H and O–H groups in total. The molecule has 0 unspecified atom stereocenters. The van der Waals surface area contributed by atoms with Gasteiger partial charge < -0.3 is 16.0 Å². The van der Waals surface area contributed by atoms with Crippen molar-refractivity contribution < 1.29 is 9.59 Å². The Morgan fingerprint density at radius 1 is 1.14 bits per heavy atom. The summed E-state index contributed by atoms with van der Waals surface area (Å²) in [5.41, 5.74) is 8.74. The Labute approximate surface area is 170 Å². The number of nitrogens with two attached hydrogens (primary N) is 1. The molecule has 0 radical (unpaired) electrons. The van der Waals surface area contributed by atoms with Crippen LogP contribution in [0, 0.1) is 6.92 Å². The van der Waals surface area contributed by atoms with Crippen LogP contribution in [0.4, 0.5) is 9.80 Å². The van der Waals surface area contributed by atoms with Gasteiger partial charge in [-0.2, -0.15) is 0 Å². The van der Waals surface area contributed by atoms with E-state index < -0.39 is 5.91 Å². The van der Waals surface area contributed by atoms with Crippen molar-refractivity contribution in [1.29, 1.82) is 0 Å². The van der Waals surface area contributed by atoms with E-state index in [0.717, 1.165) is 36.1 Å². The first-order valence-corrected chi connectivity index (χ1v) is 10.7. The van der Waals surface area contributed by atoms with Gasteiger partial charge in [0, 0.05) is 17.5 Å². The van der Waals surface area contributed by atoms with Gasteiger partial charge in [-0.25, -0.2) is 4.79 Å². The lowest BCUT2D eigenvalue weighted by molar-refractivity contribution is 0.100. The molecular weight excluding hydrogens is 372 g/mol. The lowest BCUT2D eigenvalue weighted by atomic mass is 9.99. The number of hydrogen-bond acceptors (Lipinski definition) is 4. The Hall–Kier alpha value is -2.38. The van der Waals surface area contributed by atoms with Gasteiger partial charge in [0.2, 0.25) is 0 Å². The fourth-order valence-corrected chi connectivity index (χ4v) is 4.54. The quantitative estimate of drug-likeness (QED) is 0.589. The van der Waals surface area contributed by atoms with E-state index in [4.69, 9.17) is 5.73 Å². The van der Waals surface area contributed by atoms with Gasteiger partial charge in [-0.15, -0.1) is 11.3 Å². The second-order valence-corrected chi connectivity index (χ2v) is 8.05. The first-order chi connectivity index (χ1) is 13.6. The minimum absolute atomic E-state index is 0.304. The number of carbonyl (C=O) groups is 2. The van der Waals surface area contributed by atoms with E-state index in [9.17, 15) is 9.59 Å². The van der Waals surface area contributed by atoms with Gasteiger partial charge in [-0.3, -0.25) is 10.1 Å². The average Bonchev–Trinajstić information content (AvgIpc) is 3.31. The molecular formula is C21H28N4O2S. The Morgan fingerprint density at radius 3 is 2.61 bits per heavy atom. The molecule has 2 aromatic rings. The summed E-state index contributed by atoms with van der Waals surface area (Å²) in [6.45, 7) is 6.10. The van der Waals surface area contributed by atoms with Gasteiger partial charge >= 0.3 is 6.03 Å². The maximum absolute atomic E-state index is 12.2. The van der Waals surface area contributed by atoms with Crippen molar-refractivity contribution in [3.8, 4) is 11.1 Å². The number of hydrogen-bond donors (Lipinski definition) is 3. The number of unbranched alkanes of at least 4 members (excludes halogenated alkanes) is 1. The van der Waals surface area contributed by atoms with Gasteiger partial charge in [-0.1, -0.05) is 24.3 Å². The van der Waals surface area contributed by atoms with Crippen molar-refractivity contribution in [2.75, 3.05) is 31.5 Å². The number of anilines is 1. The number of amides is 3. The van der Waals surface area contributed by atoms with Gasteiger partial charge in [-0.05, 0) is 63.4 Å². The summed E-state index contributed by atoms with van der Waals surface area (Å²) >= 11 is 1.32. The molecule has 0 saturated carbocycles. The molecule has 2 heterocycles. The number of primary amides is 1. The van der Waals surface area contributed by atoms with Crippen molar-refractivity contribution in [3.05, 3.63) is 40.8 Å². The SMILES string of the molecule is Cc1ccccc1-c1csc(NC(=O)NCCCCN2CCCC2)c1C(N)=O. The molecule has 1 aliphatic heterocycles. The van der Waals surface area contributed by atoms with E-state index in [-0.39, 0.29) is 6.03 Å². The summed E-state index contributed by atoms with van der Waals surface area (Å²) in [6, 6.07) is 7.51. The summed E-state index contributed by atoms with van der Waals surface area (Å²) in [4.78, 5) is 26.8. The van der Waals surface area contributed by atoms with Crippen LogP contribution in [0.25, 0.3) is 11.1 Å². The lowest BCUT2D eigenvalue weighted by Gasteiger charge is -2.14. The average molecular weight is 401 g/mol. The van der Waals surface area contributed by atoms with E-state index >= 15 is 0 Å². The first-order valence-electron chi connectivity index (χ1n) is 9.81. The second kappa shape index (κ2) is 9.71. The van der Waals surface area contributed by atoms with Crippen LogP contribution >= 0.6 is 11.3 Å². The third kappa shape index (κ3) is 5.11. The smallest absolute Gasteiger partial charge is 0.319 e. The number of rotatable bonds is 8. The first kappa shape index (κ1) is 20.4. The van der Waals surface area contributed by atoms with Crippen LogP contribution in [-0.4, -0.2) is 43.0 Å². The minimum Gasteiger partial charge on any atom is -0.365 e. The molecule has 3 rings (SSSR count). The molecule has 0 spiro atoms. The van der Waals surface area contributed by atoms with Crippen LogP contribution < -0.4 is 16.4 Å². The van der Waals surface area contributed by atoms with Crippen molar-refractivity contribution in [2.24, 2.45) is 5.73 Å². The molecule has 6 nitrogen and oxygen atoms in total. The standard InChI is InChI=1S/C21H28N4O2S/c1-15-8-2-3-9-16(15)17-14-28-20(18(17)19(22)26)24-21(27)23-10-4-5-11-25-12-6-7-13-25/h2-3,8-9,14H,4-7,10-13H2,1H3,(H2,22,26)(H2,23,24,27). The van der Waals surface area contributed by atoms with Crippen LogP contribution in [0.5, 0.6) is 0 Å². The maximum atomic E-state index is 12.2. The molecule has 150 valence electrons. The predicted molar refractivity (Wildman–Crippen MR) is 115 cm³/mol. The molecule has 7 heteroatoms. The Balaban J connectivity index is 1.55. The van der Waals surface area contributed by atoms with Crippen LogP contribution in [0.3, 0.4) is 0 Å². The van der Waals surface area contributed by atoms with E-state index in [2.05, 4.69) is 15.5 Å². The topological polar surface area (TPSA) is 87.5 Å². The van der Waals surface area contributed by atoms with Crippen molar-refractivity contribution in [3.63, 3.8) is 0 Å². The largest absolute Gasteiger partial charge is 0.365 e. The molecule has 1 aromatic heterocycles. The van der Waals surface area contributed by atoms with E-state index in [1.807, 2.05) is 36.6 Å². The van der Waals surface area contributed by atoms with E-state index in [1.165, 1.54) is 37.3 Å². The summed E-state index contributed by atoms with van der Waals surface area (Å²) in [7, 11) is 0. The molecule has 3 amide bonds. The monoisotopic (exact) mass is 400 g/mol. The fraction of sp³-hybridized carbons (Fsp3) is 0.429. The number of thiophene rings is 1. The number of likely N-dealkylation sites (tertiary alicyclic amines) is 1. The van der Waals surface area contributed by atoms with Crippen LogP contribution in [0.15, 0.2) is 29.6 Å². The highest BCUT2D eigenvalue weighted by Crippen LogP contribution is 2.36. The van der Waals surface area contributed by atoms with Crippen LogP contribution in [0.1, 0.15) is 41.6 Å². The number of nitrogens with zero attached hydrogens (tertiary/aromatic N) is 1. The molecule has 0 bridgehead atoms. The third-order valence-corrected chi connectivity index (χ3v) is 5.98. The van der Waals surface area contributed by atoms with Gasteiger partial charge in [0.05, 0.1) is 5.56 Å². The van der Waals surface area contributed by atoms with Gasteiger partial charge in [0.1, 0.15) is 5.00 Å². The molecule has 1 aliphatic rings. The number of nitrogens with one attached hydrogen (secondary N) is 2. The second-order valence-electron chi connectivity index (χ2n) is 7.17. The van der Waals surface area contributed by atoms with Crippen molar-refractivity contribution >= 4 is 28.3 Å². The molecule has 0 atom stereocenters. The molecule has 0 aliphatic carbocycles. The van der Waals surface area contributed by atoms with Crippen molar-refractivity contribution in [2.45, 2.75) is 32.6 Å². The predicted octanol–water partition coefficient (Wildman–Crippen LogP) is 3.82. The third-order valence-electron chi connectivity index (χ3n) is 5.09. The Kier molecular flexibility index (Phi) is 7.06. The van der Waals surface area contributed by atoms with Gasteiger partial charge in [0.15, 0.2) is 0 Å². The molecule has 1 saturated heterocycles. The number of urea groups is 1. The summed E-state index contributed by atoms with van der Waals surface area (Å²) < 4.78 is 0. The summed E-state index contributed by atoms with van der Waals surface area (Å²) in [6.07, 6.45) is 4.61. The maximum Gasteiger partial charge on any atom is 0.319 e. The zero-order valence-corrected chi connectivity index (χ0v) is 17.1. The van der Waals surface area contributed by atoms with Crippen LogP contribution in [-0.2, 0) is 0 Å². The number of benzene rings is 1. The highest BCUT2D eigenvalue weighted by molar-refractivity contribution is 7.15. The summed E-state index contributed by atoms with van der Waals surface area (Å²) in [5.74, 6) is -0.541. The molecule has 1 aromatic carbocycles. The highest BCUT2D eigenvalue weighted by Gasteiger charge is 2.20. The van der Waals surface area contributed by atoms with Crippen LogP contribution in [0.2, 0.25) is 0 Å². The zero-order chi connectivity index (χ0) is 19.9. The van der Waals surface area contributed by atoms with E-state index in [0.29, 0.717) is 17.1 Å². The Morgan fingerprint density at radius 2 is 1.89 bits per heavy atom. The van der Waals surface area contributed by atoms with Gasteiger partial charge in [0.25, 0.3) is 5.91 Å². The minimum atomic E-state index is -0.541. The highest BCUT2D eigenvalue weighted by atomic mass is 32.1. The summed E-state index contributed by atoms with van der Waals surface area (Å²) in [5, 5.41) is 8.02.